The van der Waals surface area contributed by atoms with Gasteiger partial charge in [0.15, 0.2) is 5.13 Å². The van der Waals surface area contributed by atoms with E-state index >= 15 is 0 Å². The van der Waals surface area contributed by atoms with E-state index in [4.69, 9.17) is 4.98 Å². The molecule has 32 heavy (non-hydrogen) atoms. The average Bonchev–Trinajstić information content (AvgIpc) is 3.42. The molecule has 1 saturated heterocycles. The highest BCUT2D eigenvalue weighted by atomic mass is 32.2. The Morgan fingerprint density at radius 2 is 2.03 bits per heavy atom. The van der Waals surface area contributed by atoms with Crippen LogP contribution in [0.1, 0.15) is 24.1 Å². The summed E-state index contributed by atoms with van der Waals surface area (Å²) in [5.74, 6) is 0.970. The molecule has 0 unspecified atom stereocenters. The number of hydrogen-bond acceptors (Lipinski definition) is 7. The Kier molecular flexibility index (Phi) is 6.01. The number of amides is 1. The van der Waals surface area contributed by atoms with E-state index in [9.17, 15) is 9.18 Å². The van der Waals surface area contributed by atoms with Gasteiger partial charge in [0.2, 0.25) is 5.91 Å². The first-order valence-corrected chi connectivity index (χ1v) is 12.3. The number of anilines is 4. The smallest absolute Gasteiger partial charge is 0.227 e. The minimum Gasteiger partial charge on any atom is -0.368 e. The quantitative estimate of drug-likeness (QED) is 0.467. The van der Waals surface area contributed by atoms with Crippen molar-refractivity contribution in [1.29, 1.82) is 0 Å². The zero-order valence-electron chi connectivity index (χ0n) is 17.7. The minimum absolute atomic E-state index is 0.102. The number of nitrogens with zero attached hydrogens (tertiary/aromatic N) is 3. The summed E-state index contributed by atoms with van der Waals surface area (Å²) in [4.78, 5) is 25.3. The summed E-state index contributed by atoms with van der Waals surface area (Å²) in [5, 5.41) is 7.85. The third-order valence-corrected chi connectivity index (χ3v) is 7.19. The van der Waals surface area contributed by atoms with Gasteiger partial charge >= 0.3 is 0 Å². The first kappa shape index (κ1) is 21.2. The lowest BCUT2D eigenvalue weighted by Gasteiger charge is -2.19. The van der Waals surface area contributed by atoms with Crippen LogP contribution in [0.4, 0.5) is 26.7 Å². The van der Waals surface area contributed by atoms with Gasteiger partial charge in [-0.25, -0.2) is 14.4 Å². The van der Waals surface area contributed by atoms with E-state index in [1.807, 2.05) is 49.5 Å². The summed E-state index contributed by atoms with van der Waals surface area (Å²) >= 11 is 3.10. The van der Waals surface area contributed by atoms with Crippen molar-refractivity contribution in [3.05, 3.63) is 47.5 Å². The predicted octanol–water partition coefficient (Wildman–Crippen LogP) is 5.64. The second-order valence-corrected chi connectivity index (χ2v) is 10.5. The van der Waals surface area contributed by atoms with Gasteiger partial charge < -0.3 is 15.5 Å². The molecule has 2 fully saturated rings. The molecule has 3 aromatic rings. The molecule has 1 saturated carbocycles. The van der Waals surface area contributed by atoms with Crippen molar-refractivity contribution in [1.82, 2.24) is 9.97 Å². The lowest BCUT2D eigenvalue weighted by molar-refractivity contribution is -0.117. The van der Waals surface area contributed by atoms with E-state index in [-0.39, 0.29) is 11.8 Å². The molecular formula is C23H24FN5OS2. The zero-order chi connectivity index (χ0) is 22.1. The van der Waals surface area contributed by atoms with Crippen LogP contribution in [-0.4, -0.2) is 35.1 Å². The van der Waals surface area contributed by atoms with E-state index in [0.717, 1.165) is 44.1 Å². The predicted molar refractivity (Wildman–Crippen MR) is 128 cm³/mol. The Hall–Kier alpha value is -2.65. The lowest BCUT2D eigenvalue weighted by Crippen LogP contribution is -2.20. The number of aromatic nitrogens is 2. The number of hydrogen-bond donors (Lipinski definition) is 2. The van der Waals surface area contributed by atoms with Gasteiger partial charge in [-0.05, 0) is 56.5 Å². The number of benzene rings is 1. The number of rotatable bonds is 7. The molecule has 3 heterocycles. The van der Waals surface area contributed by atoms with E-state index in [2.05, 4.69) is 20.5 Å². The second-order valence-electron chi connectivity index (χ2n) is 8.17. The van der Waals surface area contributed by atoms with Gasteiger partial charge in [-0.3, -0.25) is 4.79 Å². The molecule has 1 aliphatic heterocycles. The number of pyridine rings is 1. The summed E-state index contributed by atoms with van der Waals surface area (Å²) < 4.78 is 13.8. The summed E-state index contributed by atoms with van der Waals surface area (Å²) in [7, 11) is 0. The number of alkyl halides is 1. The van der Waals surface area contributed by atoms with Crippen LogP contribution in [0, 0.1) is 12.8 Å². The highest BCUT2D eigenvalue weighted by Gasteiger charge is 2.29. The van der Waals surface area contributed by atoms with E-state index < -0.39 is 6.17 Å². The summed E-state index contributed by atoms with van der Waals surface area (Å²) in [6.45, 7) is 3.11. The number of carbonyl (C=O) groups is 1. The Morgan fingerprint density at radius 3 is 2.69 bits per heavy atom. The fourth-order valence-corrected chi connectivity index (χ4v) is 5.09. The van der Waals surface area contributed by atoms with Gasteiger partial charge in [0.25, 0.3) is 0 Å². The Labute approximate surface area is 194 Å². The third-order valence-electron chi connectivity index (χ3n) is 5.43. The largest absolute Gasteiger partial charge is 0.368 e. The normalized spacial score (nSPS) is 18.1. The van der Waals surface area contributed by atoms with Crippen molar-refractivity contribution in [2.75, 3.05) is 28.6 Å². The molecule has 2 N–H and O–H groups in total. The number of halogens is 1. The molecule has 6 nitrogen and oxygen atoms in total. The second kappa shape index (κ2) is 9.07. The number of thiazole rings is 1. The van der Waals surface area contributed by atoms with Crippen LogP contribution in [0.5, 0.6) is 0 Å². The zero-order valence-corrected chi connectivity index (χ0v) is 19.3. The van der Waals surface area contributed by atoms with E-state index in [0.29, 0.717) is 25.3 Å². The first-order valence-electron chi connectivity index (χ1n) is 10.7. The molecule has 1 aliphatic carbocycles. The van der Waals surface area contributed by atoms with Gasteiger partial charge in [0, 0.05) is 52.4 Å². The number of aryl methyl sites for hydroxylation is 1. The summed E-state index contributed by atoms with van der Waals surface area (Å²) in [5.41, 5.74) is 1.76. The van der Waals surface area contributed by atoms with Crippen LogP contribution in [-0.2, 0) is 4.79 Å². The topological polar surface area (TPSA) is 70.2 Å². The minimum atomic E-state index is -0.796. The first-order chi connectivity index (χ1) is 15.5. The van der Waals surface area contributed by atoms with Crippen molar-refractivity contribution < 1.29 is 9.18 Å². The van der Waals surface area contributed by atoms with Crippen molar-refractivity contribution in [3.8, 4) is 0 Å². The van der Waals surface area contributed by atoms with Gasteiger partial charge in [-0.15, -0.1) is 11.3 Å². The highest BCUT2D eigenvalue weighted by Crippen LogP contribution is 2.35. The Morgan fingerprint density at radius 1 is 1.22 bits per heavy atom. The summed E-state index contributed by atoms with van der Waals surface area (Å²) in [6, 6.07) is 11.7. The van der Waals surface area contributed by atoms with Gasteiger partial charge in [-0.2, -0.15) is 0 Å². The van der Waals surface area contributed by atoms with E-state index in [1.54, 1.807) is 11.3 Å². The van der Waals surface area contributed by atoms with Crippen LogP contribution in [0.2, 0.25) is 0 Å². The summed E-state index contributed by atoms with van der Waals surface area (Å²) in [6.07, 6.45) is 3.55. The Bertz CT molecular complexity index is 1120. The maximum atomic E-state index is 13.8. The van der Waals surface area contributed by atoms with Gasteiger partial charge in [-0.1, -0.05) is 11.8 Å². The Balaban J connectivity index is 1.35. The van der Waals surface area contributed by atoms with Crippen molar-refractivity contribution in [3.63, 3.8) is 0 Å². The molecule has 0 spiro atoms. The number of carbonyl (C=O) groups excluding carboxylic acids is 1. The molecule has 1 atom stereocenters. The lowest BCUT2D eigenvalue weighted by atomic mass is 10.3. The van der Waals surface area contributed by atoms with Gasteiger partial charge in [0.05, 0.1) is 0 Å². The monoisotopic (exact) mass is 469 g/mol. The molecule has 0 radical (unpaired) electrons. The third kappa shape index (κ3) is 5.21. The van der Waals surface area contributed by atoms with Crippen LogP contribution in [0.15, 0.2) is 52.5 Å². The SMILES string of the molecule is Cc1cnc(Nc2cc(N3CC[C@H](F)C3)cc(Sc3ccc(NC(=O)C4CC4)cc3)n2)s1. The van der Waals surface area contributed by atoms with Crippen LogP contribution in [0.3, 0.4) is 0 Å². The fourth-order valence-electron chi connectivity index (χ4n) is 3.58. The van der Waals surface area contributed by atoms with Crippen LogP contribution < -0.4 is 15.5 Å². The molecule has 1 aromatic carbocycles. The highest BCUT2D eigenvalue weighted by molar-refractivity contribution is 7.99. The maximum Gasteiger partial charge on any atom is 0.227 e. The van der Waals surface area contributed by atoms with Crippen LogP contribution in [0.25, 0.3) is 0 Å². The molecule has 1 amide bonds. The molecule has 0 bridgehead atoms. The van der Waals surface area contributed by atoms with Crippen molar-refractivity contribution in [2.45, 2.75) is 42.3 Å². The van der Waals surface area contributed by atoms with Crippen molar-refractivity contribution >= 4 is 51.3 Å². The van der Waals surface area contributed by atoms with Crippen LogP contribution >= 0.6 is 23.1 Å². The molecule has 2 aromatic heterocycles. The molecule has 2 aliphatic rings. The maximum absolute atomic E-state index is 13.8. The molecular weight excluding hydrogens is 445 g/mol. The van der Waals surface area contributed by atoms with Gasteiger partial charge in [0.1, 0.15) is 17.0 Å². The fraction of sp³-hybridized carbons (Fsp3) is 0.348. The number of nitrogens with one attached hydrogen (secondary N) is 2. The standard InChI is InChI=1S/C23H24FN5OS2/c1-14-12-25-23(31-14)28-20-10-18(29-9-8-16(24)13-29)11-21(27-20)32-19-6-4-17(5-7-19)26-22(30)15-2-3-15/h4-7,10-12,15-16H,2-3,8-9,13H2,1H3,(H,26,30)(H,25,27,28)/t16-/m0/s1. The molecule has 9 heteroatoms. The average molecular weight is 470 g/mol. The van der Waals surface area contributed by atoms with E-state index in [1.165, 1.54) is 11.8 Å². The molecule has 166 valence electrons. The van der Waals surface area contributed by atoms with Crippen molar-refractivity contribution in [2.24, 2.45) is 5.92 Å². The molecule has 5 rings (SSSR count).